The van der Waals surface area contributed by atoms with Gasteiger partial charge in [0.1, 0.15) is 0 Å². The van der Waals surface area contributed by atoms with Gasteiger partial charge in [0.15, 0.2) is 12.4 Å². The molecule has 1 aliphatic rings. The third-order valence-electron chi connectivity index (χ3n) is 4.72. The second-order valence-electron chi connectivity index (χ2n) is 6.83. The van der Waals surface area contributed by atoms with E-state index in [1.807, 2.05) is 24.8 Å². The van der Waals surface area contributed by atoms with Gasteiger partial charge in [-0.15, -0.1) is 11.3 Å². The molecular formula is C20H24N4O4S. The average molecular weight is 417 g/mol. The predicted molar refractivity (Wildman–Crippen MR) is 109 cm³/mol. The number of Topliss-reactive ketones (excluding diaryl/α,β-unsaturated/α-hetero) is 1. The molecule has 1 fully saturated rings. The number of piperazine rings is 1. The van der Waals surface area contributed by atoms with E-state index < -0.39 is 5.97 Å². The van der Waals surface area contributed by atoms with Crippen molar-refractivity contribution in [1.29, 1.82) is 0 Å². The van der Waals surface area contributed by atoms with Gasteiger partial charge in [0.05, 0.1) is 6.42 Å². The van der Waals surface area contributed by atoms with Crippen LogP contribution < -0.4 is 4.90 Å². The first kappa shape index (κ1) is 20.9. The van der Waals surface area contributed by atoms with Crippen LogP contribution >= 0.6 is 11.3 Å². The Bertz CT molecular complexity index is 876. The summed E-state index contributed by atoms with van der Waals surface area (Å²) >= 11 is 1.56. The zero-order chi connectivity index (χ0) is 20.8. The fourth-order valence-electron chi connectivity index (χ4n) is 3.17. The van der Waals surface area contributed by atoms with Gasteiger partial charge in [0.25, 0.3) is 5.91 Å². The van der Waals surface area contributed by atoms with Gasteiger partial charge in [-0.05, 0) is 26.0 Å². The maximum atomic E-state index is 12.3. The van der Waals surface area contributed by atoms with E-state index in [-0.39, 0.29) is 31.1 Å². The van der Waals surface area contributed by atoms with Gasteiger partial charge >= 0.3 is 5.97 Å². The lowest BCUT2D eigenvalue weighted by Gasteiger charge is -2.34. The number of nitrogens with zero attached hydrogens (tertiary/aromatic N) is 4. The van der Waals surface area contributed by atoms with Crippen molar-refractivity contribution in [2.75, 3.05) is 37.7 Å². The number of esters is 1. The summed E-state index contributed by atoms with van der Waals surface area (Å²) in [7, 11) is 0. The van der Waals surface area contributed by atoms with Crippen LogP contribution in [-0.2, 0) is 14.3 Å². The zero-order valence-electron chi connectivity index (χ0n) is 16.6. The Hall–Kier alpha value is -2.81. The number of anilines is 1. The monoisotopic (exact) mass is 416 g/mol. The molecule has 0 spiro atoms. The van der Waals surface area contributed by atoms with E-state index in [4.69, 9.17) is 4.74 Å². The molecule has 1 aliphatic heterocycles. The number of hydrogen-bond donors (Lipinski definition) is 0. The predicted octanol–water partition coefficient (Wildman–Crippen LogP) is 2.01. The van der Waals surface area contributed by atoms with Crippen LogP contribution in [0.5, 0.6) is 0 Å². The van der Waals surface area contributed by atoms with Crippen molar-refractivity contribution < 1.29 is 19.1 Å². The van der Waals surface area contributed by atoms with Crippen LogP contribution in [-0.4, -0.2) is 65.3 Å². The largest absolute Gasteiger partial charge is 0.456 e. The molecule has 0 unspecified atom stereocenters. The van der Waals surface area contributed by atoms with Gasteiger partial charge in [-0.1, -0.05) is 0 Å². The Morgan fingerprint density at radius 2 is 1.76 bits per heavy atom. The first-order chi connectivity index (χ1) is 13.9. The number of carbonyl (C=O) groups is 3. The molecule has 0 aliphatic carbocycles. The van der Waals surface area contributed by atoms with E-state index in [2.05, 4.69) is 9.97 Å². The van der Waals surface area contributed by atoms with Gasteiger partial charge < -0.3 is 14.5 Å². The van der Waals surface area contributed by atoms with Crippen molar-refractivity contribution in [2.45, 2.75) is 26.7 Å². The first-order valence-corrected chi connectivity index (χ1v) is 10.3. The van der Waals surface area contributed by atoms with Crippen molar-refractivity contribution in [3.8, 4) is 0 Å². The molecule has 8 nitrogen and oxygen atoms in total. The van der Waals surface area contributed by atoms with E-state index in [9.17, 15) is 14.4 Å². The van der Waals surface area contributed by atoms with E-state index >= 15 is 0 Å². The Kier molecular flexibility index (Phi) is 6.92. The van der Waals surface area contributed by atoms with Gasteiger partial charge in [-0.3, -0.25) is 14.4 Å². The summed E-state index contributed by atoms with van der Waals surface area (Å²) in [4.78, 5) is 50.6. The van der Waals surface area contributed by atoms with Gasteiger partial charge in [0.2, 0.25) is 5.95 Å². The van der Waals surface area contributed by atoms with E-state index in [0.29, 0.717) is 37.7 Å². The maximum absolute atomic E-state index is 12.3. The lowest BCUT2D eigenvalue weighted by Crippen LogP contribution is -2.50. The maximum Gasteiger partial charge on any atom is 0.306 e. The van der Waals surface area contributed by atoms with Gasteiger partial charge in [0, 0.05) is 60.3 Å². The zero-order valence-corrected chi connectivity index (χ0v) is 17.4. The molecule has 1 amide bonds. The summed E-state index contributed by atoms with van der Waals surface area (Å²) in [5.74, 6) is -0.198. The minimum Gasteiger partial charge on any atom is -0.456 e. The van der Waals surface area contributed by atoms with Crippen LogP contribution in [0.3, 0.4) is 0 Å². The Labute approximate surface area is 173 Å². The molecule has 9 heteroatoms. The number of thiophene rings is 1. The number of aryl methyl sites for hydroxylation is 2. The number of aromatic nitrogens is 2. The summed E-state index contributed by atoms with van der Waals surface area (Å²) < 4.78 is 5.07. The minimum absolute atomic E-state index is 0.0282. The quantitative estimate of drug-likeness (QED) is 0.503. The molecule has 0 aromatic carbocycles. The Morgan fingerprint density at radius 1 is 1.07 bits per heavy atom. The van der Waals surface area contributed by atoms with Crippen LogP contribution in [0.4, 0.5) is 5.95 Å². The second-order valence-corrected chi connectivity index (χ2v) is 8.29. The number of ether oxygens (including phenoxy) is 1. The van der Waals surface area contributed by atoms with Gasteiger partial charge in [-0.2, -0.15) is 0 Å². The fourth-order valence-corrected chi connectivity index (χ4v) is 4.12. The number of ketones is 1. The standard InChI is InChI=1S/C20H24N4O4S/c1-14-12-16(15(2)29-14)17(25)4-5-19(27)28-13-18(26)23-8-10-24(11-9-23)20-21-6-3-7-22-20/h3,6-7,12H,4-5,8-11,13H2,1-2H3. The van der Waals surface area contributed by atoms with E-state index in [1.54, 1.807) is 34.7 Å². The lowest BCUT2D eigenvalue weighted by atomic mass is 10.1. The van der Waals surface area contributed by atoms with E-state index in [1.165, 1.54) is 0 Å². The summed E-state index contributed by atoms with van der Waals surface area (Å²) in [5.41, 5.74) is 0.664. The number of rotatable bonds is 7. The van der Waals surface area contributed by atoms with Crippen LogP contribution in [0.1, 0.15) is 33.0 Å². The highest BCUT2D eigenvalue weighted by Crippen LogP contribution is 2.22. The molecule has 0 atom stereocenters. The van der Waals surface area contributed by atoms with Crippen molar-refractivity contribution in [1.82, 2.24) is 14.9 Å². The Morgan fingerprint density at radius 3 is 2.38 bits per heavy atom. The molecule has 0 bridgehead atoms. The summed E-state index contributed by atoms with van der Waals surface area (Å²) in [5, 5.41) is 0. The first-order valence-electron chi connectivity index (χ1n) is 9.49. The molecule has 29 heavy (non-hydrogen) atoms. The molecular weight excluding hydrogens is 392 g/mol. The van der Waals surface area contributed by atoms with Crippen molar-refractivity contribution in [2.24, 2.45) is 0 Å². The van der Waals surface area contributed by atoms with E-state index in [0.717, 1.165) is 9.75 Å². The van der Waals surface area contributed by atoms with Crippen molar-refractivity contribution in [3.63, 3.8) is 0 Å². The Balaban J connectivity index is 1.37. The smallest absolute Gasteiger partial charge is 0.306 e. The number of carbonyl (C=O) groups excluding carboxylic acids is 3. The van der Waals surface area contributed by atoms with Crippen LogP contribution in [0, 0.1) is 13.8 Å². The normalized spacial score (nSPS) is 14.0. The number of hydrogen-bond acceptors (Lipinski definition) is 8. The van der Waals surface area contributed by atoms with Crippen molar-refractivity contribution >= 4 is 34.9 Å². The van der Waals surface area contributed by atoms with Crippen molar-refractivity contribution in [3.05, 3.63) is 39.8 Å². The minimum atomic E-state index is -0.535. The molecule has 154 valence electrons. The molecule has 3 heterocycles. The van der Waals surface area contributed by atoms with Gasteiger partial charge in [-0.25, -0.2) is 9.97 Å². The molecule has 2 aromatic heterocycles. The van der Waals surface area contributed by atoms with Crippen LogP contribution in [0.25, 0.3) is 0 Å². The highest BCUT2D eigenvalue weighted by molar-refractivity contribution is 7.12. The summed E-state index contributed by atoms with van der Waals surface area (Å²) in [6.07, 6.45) is 3.43. The second kappa shape index (κ2) is 9.60. The molecule has 0 radical (unpaired) electrons. The molecule has 2 aromatic rings. The third kappa shape index (κ3) is 5.60. The highest BCUT2D eigenvalue weighted by Gasteiger charge is 2.23. The average Bonchev–Trinajstić information content (AvgIpc) is 3.09. The van der Waals surface area contributed by atoms with Crippen LogP contribution in [0.2, 0.25) is 0 Å². The summed E-state index contributed by atoms with van der Waals surface area (Å²) in [6, 6.07) is 3.60. The van der Waals surface area contributed by atoms with Crippen LogP contribution in [0.15, 0.2) is 24.5 Å². The third-order valence-corrected chi connectivity index (χ3v) is 5.69. The molecule has 0 N–H and O–H groups in total. The molecule has 3 rings (SSSR count). The lowest BCUT2D eigenvalue weighted by molar-refractivity contribution is -0.152. The molecule has 0 saturated carbocycles. The highest BCUT2D eigenvalue weighted by atomic mass is 32.1. The fraction of sp³-hybridized carbons (Fsp3) is 0.450. The summed E-state index contributed by atoms with van der Waals surface area (Å²) in [6.45, 7) is 5.82. The molecule has 1 saturated heterocycles. The SMILES string of the molecule is Cc1cc(C(=O)CCC(=O)OCC(=O)N2CCN(c3ncccn3)CC2)c(C)s1. The number of amides is 1. The topological polar surface area (TPSA) is 92.7 Å².